The average Bonchev–Trinajstić information content (AvgIpc) is 2.68. The Hall–Kier alpha value is -1.58. The first-order chi connectivity index (χ1) is 12.2. The van der Waals surface area contributed by atoms with Crippen LogP contribution in [0.2, 0.25) is 0 Å². The van der Waals surface area contributed by atoms with Gasteiger partial charge in [-0.1, -0.05) is 37.6 Å². The van der Waals surface area contributed by atoms with Crippen LogP contribution in [0.5, 0.6) is 0 Å². The summed E-state index contributed by atoms with van der Waals surface area (Å²) in [6.45, 7) is 4.30. The van der Waals surface area contributed by atoms with E-state index in [1.165, 1.54) is 0 Å². The van der Waals surface area contributed by atoms with Crippen LogP contribution >= 0.6 is 0 Å². The fourth-order valence-electron chi connectivity index (χ4n) is 4.45. The van der Waals surface area contributed by atoms with Crippen LogP contribution < -0.4 is 0 Å². The second-order valence-corrected chi connectivity index (χ2v) is 7.72. The van der Waals surface area contributed by atoms with E-state index in [0.717, 1.165) is 57.9 Å². The number of carbonyl (C=O) groups is 2. The summed E-state index contributed by atoms with van der Waals surface area (Å²) in [6, 6.07) is 0.195. The molecule has 1 aliphatic heterocycles. The maximum absolute atomic E-state index is 13.0. The molecule has 0 radical (unpaired) electrons. The number of allylic oxidation sites excluding steroid dienone is 4. The number of piperazine rings is 1. The van der Waals surface area contributed by atoms with E-state index in [9.17, 15) is 9.59 Å². The van der Waals surface area contributed by atoms with E-state index in [1.54, 1.807) is 0 Å². The Bertz CT molecular complexity index is 540. The first-order valence-corrected chi connectivity index (χ1v) is 10.1. The monoisotopic (exact) mass is 344 g/mol. The van der Waals surface area contributed by atoms with Gasteiger partial charge in [-0.15, -0.1) is 0 Å². The highest BCUT2D eigenvalue weighted by molar-refractivity contribution is 5.81. The van der Waals surface area contributed by atoms with Crippen molar-refractivity contribution >= 4 is 11.8 Å². The number of hydrogen-bond donors (Lipinski definition) is 0. The van der Waals surface area contributed by atoms with E-state index in [-0.39, 0.29) is 17.9 Å². The van der Waals surface area contributed by atoms with Crippen LogP contribution in [0.4, 0.5) is 0 Å². The highest BCUT2D eigenvalue weighted by atomic mass is 16.2. The molecule has 0 unspecified atom stereocenters. The number of amides is 2. The van der Waals surface area contributed by atoms with E-state index in [1.807, 2.05) is 4.90 Å². The van der Waals surface area contributed by atoms with Crippen LogP contribution in [-0.4, -0.2) is 47.3 Å². The quantitative estimate of drug-likeness (QED) is 0.732. The molecule has 2 aliphatic carbocycles. The van der Waals surface area contributed by atoms with Crippen molar-refractivity contribution in [1.29, 1.82) is 0 Å². The van der Waals surface area contributed by atoms with Crippen LogP contribution in [0, 0.1) is 11.8 Å². The maximum Gasteiger partial charge on any atom is 0.226 e. The van der Waals surface area contributed by atoms with Crippen LogP contribution in [0.1, 0.15) is 58.3 Å². The molecule has 25 heavy (non-hydrogen) atoms. The molecule has 1 saturated heterocycles. The smallest absolute Gasteiger partial charge is 0.226 e. The maximum atomic E-state index is 13.0. The second-order valence-electron chi connectivity index (χ2n) is 7.72. The van der Waals surface area contributed by atoms with E-state index in [4.69, 9.17) is 0 Å². The summed E-state index contributed by atoms with van der Waals surface area (Å²) in [5.74, 6) is 0.918. The van der Waals surface area contributed by atoms with Gasteiger partial charge in [0.15, 0.2) is 0 Å². The molecule has 1 heterocycles. The van der Waals surface area contributed by atoms with Crippen molar-refractivity contribution in [2.24, 2.45) is 11.8 Å². The Labute approximate surface area is 151 Å². The lowest BCUT2D eigenvalue weighted by atomic mass is 9.90. The third kappa shape index (κ3) is 4.34. The third-order valence-corrected chi connectivity index (χ3v) is 5.94. The number of hydrogen-bond acceptors (Lipinski definition) is 2. The summed E-state index contributed by atoms with van der Waals surface area (Å²) in [5, 5.41) is 0. The Morgan fingerprint density at radius 2 is 1.56 bits per heavy atom. The second kappa shape index (κ2) is 8.68. The first-order valence-electron chi connectivity index (χ1n) is 10.1. The fraction of sp³-hybridized carbons (Fsp3) is 0.714. The molecule has 4 heteroatoms. The fourth-order valence-corrected chi connectivity index (χ4v) is 4.45. The molecule has 2 amide bonds. The molecule has 1 fully saturated rings. The molecule has 0 bridgehead atoms. The molecule has 0 aromatic rings. The molecular weight excluding hydrogens is 312 g/mol. The molecule has 3 rings (SSSR count). The van der Waals surface area contributed by atoms with Gasteiger partial charge in [0.2, 0.25) is 11.8 Å². The molecule has 0 aromatic heterocycles. The predicted molar refractivity (Wildman–Crippen MR) is 100.0 cm³/mol. The molecule has 0 saturated carbocycles. The Balaban J connectivity index is 1.63. The summed E-state index contributed by atoms with van der Waals surface area (Å²) in [7, 11) is 0. The molecule has 0 spiro atoms. The summed E-state index contributed by atoms with van der Waals surface area (Å²) < 4.78 is 0. The van der Waals surface area contributed by atoms with Crippen molar-refractivity contribution in [3.8, 4) is 0 Å². The van der Waals surface area contributed by atoms with Gasteiger partial charge >= 0.3 is 0 Å². The highest BCUT2D eigenvalue weighted by Crippen LogP contribution is 2.26. The lowest BCUT2D eigenvalue weighted by Gasteiger charge is -2.44. The minimum atomic E-state index is 0.148. The van der Waals surface area contributed by atoms with Crippen molar-refractivity contribution in [3.63, 3.8) is 0 Å². The zero-order valence-corrected chi connectivity index (χ0v) is 15.5. The minimum absolute atomic E-state index is 0.148. The highest BCUT2D eigenvalue weighted by Gasteiger charge is 2.36. The molecule has 4 nitrogen and oxygen atoms in total. The largest absolute Gasteiger partial charge is 0.339 e. The predicted octanol–water partition coefficient (Wildman–Crippen LogP) is 3.54. The molecule has 3 atom stereocenters. The standard InChI is InChI=1S/C21H32N2O2/c1-2-9-19-16-22(20(24)17-10-5-3-6-11-17)14-15-23(19)21(25)18-12-7-4-8-13-18/h3-5,7,17-19H,2,6,8-16H2,1H3/t17-,18-,19+/m0/s1. The van der Waals surface area contributed by atoms with E-state index < -0.39 is 0 Å². The zero-order valence-electron chi connectivity index (χ0n) is 15.5. The molecule has 3 aliphatic rings. The van der Waals surface area contributed by atoms with Crippen LogP contribution in [0.3, 0.4) is 0 Å². The van der Waals surface area contributed by atoms with Gasteiger partial charge in [0.05, 0.1) is 0 Å². The van der Waals surface area contributed by atoms with Gasteiger partial charge in [0.25, 0.3) is 0 Å². The van der Waals surface area contributed by atoms with E-state index in [0.29, 0.717) is 24.9 Å². The van der Waals surface area contributed by atoms with Gasteiger partial charge in [-0.3, -0.25) is 9.59 Å². The Kier molecular flexibility index (Phi) is 6.33. The van der Waals surface area contributed by atoms with Crippen molar-refractivity contribution in [2.45, 2.75) is 64.3 Å². The summed E-state index contributed by atoms with van der Waals surface area (Å²) in [4.78, 5) is 30.0. The van der Waals surface area contributed by atoms with E-state index >= 15 is 0 Å². The van der Waals surface area contributed by atoms with Crippen LogP contribution in [0.15, 0.2) is 24.3 Å². The first kappa shape index (κ1) is 18.2. The summed E-state index contributed by atoms with van der Waals surface area (Å²) in [5.41, 5.74) is 0. The van der Waals surface area contributed by atoms with Crippen molar-refractivity contribution < 1.29 is 9.59 Å². The average molecular weight is 344 g/mol. The molecule has 0 aromatic carbocycles. The van der Waals surface area contributed by atoms with Gasteiger partial charge < -0.3 is 9.80 Å². The number of nitrogens with zero attached hydrogens (tertiary/aromatic N) is 2. The van der Waals surface area contributed by atoms with Crippen LogP contribution in [0.25, 0.3) is 0 Å². The zero-order chi connectivity index (χ0) is 17.6. The molecule has 138 valence electrons. The Morgan fingerprint density at radius 1 is 0.920 bits per heavy atom. The van der Waals surface area contributed by atoms with Gasteiger partial charge in [-0.25, -0.2) is 0 Å². The van der Waals surface area contributed by atoms with Gasteiger partial charge in [0.1, 0.15) is 0 Å². The topological polar surface area (TPSA) is 40.6 Å². The number of carbonyl (C=O) groups excluding carboxylic acids is 2. The normalized spacial score (nSPS) is 29.7. The summed E-state index contributed by atoms with van der Waals surface area (Å²) in [6.07, 6.45) is 16.4. The van der Waals surface area contributed by atoms with Crippen molar-refractivity contribution in [3.05, 3.63) is 24.3 Å². The van der Waals surface area contributed by atoms with Gasteiger partial charge in [-0.05, 0) is 44.9 Å². The molecular formula is C21H32N2O2. The van der Waals surface area contributed by atoms with Crippen molar-refractivity contribution in [2.75, 3.05) is 19.6 Å². The minimum Gasteiger partial charge on any atom is -0.339 e. The third-order valence-electron chi connectivity index (χ3n) is 5.94. The van der Waals surface area contributed by atoms with Crippen molar-refractivity contribution in [1.82, 2.24) is 9.80 Å². The van der Waals surface area contributed by atoms with Crippen LogP contribution in [-0.2, 0) is 9.59 Å². The lowest BCUT2D eigenvalue weighted by molar-refractivity contribution is -0.148. The van der Waals surface area contributed by atoms with Gasteiger partial charge in [-0.2, -0.15) is 0 Å². The Morgan fingerprint density at radius 3 is 2.12 bits per heavy atom. The molecule has 0 N–H and O–H groups in total. The number of rotatable bonds is 4. The van der Waals surface area contributed by atoms with E-state index in [2.05, 4.69) is 36.1 Å². The van der Waals surface area contributed by atoms with Gasteiger partial charge in [0, 0.05) is 37.5 Å². The lowest BCUT2D eigenvalue weighted by Crippen LogP contribution is -2.58. The summed E-state index contributed by atoms with van der Waals surface area (Å²) >= 11 is 0. The SMILES string of the molecule is CCC[C@@H]1CN(C(=O)[C@H]2CC=CCC2)CCN1C(=O)[C@H]1CC=CCC1.